The second kappa shape index (κ2) is 8.16. The molecule has 0 bridgehead atoms. The Labute approximate surface area is 189 Å². The zero-order valence-electron chi connectivity index (χ0n) is 17.2. The highest BCUT2D eigenvalue weighted by molar-refractivity contribution is 7.89. The van der Waals surface area contributed by atoms with Crippen LogP contribution in [0, 0.1) is 5.82 Å². The van der Waals surface area contributed by atoms with Gasteiger partial charge in [-0.3, -0.25) is 4.98 Å². The van der Waals surface area contributed by atoms with Crippen molar-refractivity contribution in [3.63, 3.8) is 0 Å². The Bertz CT molecular complexity index is 1600. The van der Waals surface area contributed by atoms with E-state index in [0.29, 0.717) is 16.9 Å². The lowest BCUT2D eigenvalue weighted by molar-refractivity contribution is 0.598. The van der Waals surface area contributed by atoms with E-state index in [-0.39, 0.29) is 10.7 Å². The third kappa shape index (κ3) is 4.09. The van der Waals surface area contributed by atoms with Gasteiger partial charge >= 0.3 is 0 Å². The number of fused-ring (bicyclic) bond motifs is 1. The Balaban J connectivity index is 1.66. The van der Waals surface area contributed by atoms with Crippen molar-refractivity contribution in [1.29, 1.82) is 0 Å². The maximum absolute atomic E-state index is 14.5. The maximum atomic E-state index is 14.5. The normalized spacial score (nSPS) is 11.6. The molecule has 162 valence electrons. The average molecular weight is 457 g/mol. The standard InChI is InChI=1S/C25H17FN4O2S/c26-23-6-2-1-4-21(23)24-13-22(20-5-3-11-29-25(20)30-24)18-12-17(14-28-15-18)16-7-9-19(10-8-16)33(27,31)32/h1-15H,(H2,27,31,32). The molecule has 2 aromatic carbocycles. The number of sulfonamides is 1. The summed E-state index contributed by atoms with van der Waals surface area (Å²) in [4.78, 5) is 13.4. The van der Waals surface area contributed by atoms with Crippen molar-refractivity contribution in [3.8, 4) is 33.5 Å². The number of hydrogen-bond acceptors (Lipinski definition) is 5. The van der Waals surface area contributed by atoms with Crippen LogP contribution in [-0.2, 0) is 10.0 Å². The molecule has 3 aromatic heterocycles. The average Bonchev–Trinajstić information content (AvgIpc) is 2.83. The second-order valence-electron chi connectivity index (χ2n) is 7.44. The predicted octanol–water partition coefficient (Wildman–Crippen LogP) is 4.81. The summed E-state index contributed by atoms with van der Waals surface area (Å²) in [5.41, 5.74) is 4.52. The number of aromatic nitrogens is 3. The van der Waals surface area contributed by atoms with Crippen LogP contribution in [0.5, 0.6) is 0 Å². The predicted molar refractivity (Wildman–Crippen MR) is 125 cm³/mol. The van der Waals surface area contributed by atoms with Gasteiger partial charge in [0.15, 0.2) is 5.65 Å². The molecule has 0 saturated carbocycles. The molecule has 0 amide bonds. The smallest absolute Gasteiger partial charge is 0.238 e. The molecule has 0 saturated heterocycles. The van der Waals surface area contributed by atoms with Gasteiger partial charge in [-0.15, -0.1) is 0 Å². The van der Waals surface area contributed by atoms with Gasteiger partial charge < -0.3 is 0 Å². The van der Waals surface area contributed by atoms with Crippen LogP contribution in [0.15, 0.2) is 96.3 Å². The summed E-state index contributed by atoms with van der Waals surface area (Å²) < 4.78 is 37.6. The highest BCUT2D eigenvalue weighted by Crippen LogP contribution is 2.33. The van der Waals surface area contributed by atoms with Crippen molar-refractivity contribution in [2.24, 2.45) is 5.14 Å². The Kier molecular flexibility index (Phi) is 5.16. The summed E-state index contributed by atoms with van der Waals surface area (Å²) in [6, 6.07) is 20.2. The first-order valence-electron chi connectivity index (χ1n) is 9.99. The molecular weight excluding hydrogens is 439 g/mol. The molecule has 0 spiro atoms. The zero-order chi connectivity index (χ0) is 23.0. The van der Waals surface area contributed by atoms with Gasteiger partial charge in [0, 0.05) is 40.7 Å². The fourth-order valence-corrected chi connectivity index (χ4v) is 4.20. The van der Waals surface area contributed by atoms with Crippen molar-refractivity contribution in [3.05, 3.63) is 97.2 Å². The summed E-state index contributed by atoms with van der Waals surface area (Å²) >= 11 is 0. The van der Waals surface area contributed by atoms with Crippen LogP contribution in [0.1, 0.15) is 0 Å². The van der Waals surface area contributed by atoms with Crippen LogP contribution in [0.25, 0.3) is 44.5 Å². The Hall–Kier alpha value is -4.01. The molecule has 6 nitrogen and oxygen atoms in total. The summed E-state index contributed by atoms with van der Waals surface area (Å²) in [5, 5.41) is 6.00. The second-order valence-corrected chi connectivity index (χ2v) is 9.00. The number of nitrogens with two attached hydrogens (primary N) is 1. The van der Waals surface area contributed by atoms with E-state index in [0.717, 1.165) is 27.6 Å². The lowest BCUT2D eigenvalue weighted by atomic mass is 9.98. The van der Waals surface area contributed by atoms with Crippen LogP contribution in [-0.4, -0.2) is 23.4 Å². The van der Waals surface area contributed by atoms with Gasteiger partial charge in [-0.05, 0) is 59.7 Å². The highest BCUT2D eigenvalue weighted by Gasteiger charge is 2.14. The molecule has 33 heavy (non-hydrogen) atoms. The van der Waals surface area contributed by atoms with Gasteiger partial charge in [0.05, 0.1) is 10.6 Å². The van der Waals surface area contributed by atoms with Crippen molar-refractivity contribution < 1.29 is 12.8 Å². The number of pyridine rings is 3. The minimum atomic E-state index is -3.77. The Morgan fingerprint density at radius 3 is 2.30 bits per heavy atom. The maximum Gasteiger partial charge on any atom is 0.238 e. The van der Waals surface area contributed by atoms with Gasteiger partial charge in [0.1, 0.15) is 5.82 Å². The molecule has 0 fully saturated rings. The molecule has 0 aliphatic heterocycles. The van der Waals surface area contributed by atoms with E-state index < -0.39 is 10.0 Å². The first kappa shape index (κ1) is 20.9. The first-order valence-corrected chi connectivity index (χ1v) is 11.5. The molecule has 0 unspecified atom stereocenters. The number of primary sulfonamides is 1. The lowest BCUT2D eigenvalue weighted by Gasteiger charge is -2.11. The molecule has 8 heteroatoms. The fourth-order valence-electron chi connectivity index (χ4n) is 3.69. The Morgan fingerprint density at radius 2 is 1.55 bits per heavy atom. The van der Waals surface area contributed by atoms with Crippen molar-refractivity contribution >= 4 is 21.1 Å². The lowest BCUT2D eigenvalue weighted by Crippen LogP contribution is -2.11. The summed E-state index contributed by atoms with van der Waals surface area (Å²) in [6.07, 6.45) is 5.05. The molecule has 0 atom stereocenters. The molecule has 5 rings (SSSR count). The van der Waals surface area contributed by atoms with E-state index in [4.69, 9.17) is 5.14 Å². The molecule has 2 N–H and O–H groups in total. The zero-order valence-corrected chi connectivity index (χ0v) is 18.0. The largest absolute Gasteiger partial charge is 0.263 e. The molecule has 5 aromatic rings. The van der Waals surface area contributed by atoms with E-state index in [1.54, 1.807) is 48.9 Å². The van der Waals surface area contributed by atoms with Crippen molar-refractivity contribution in [2.45, 2.75) is 4.90 Å². The highest BCUT2D eigenvalue weighted by atomic mass is 32.2. The molecule has 3 heterocycles. The molecule has 0 aliphatic rings. The van der Waals surface area contributed by atoms with E-state index in [9.17, 15) is 12.8 Å². The van der Waals surface area contributed by atoms with Crippen LogP contribution in [0.2, 0.25) is 0 Å². The Morgan fingerprint density at radius 1 is 0.788 bits per heavy atom. The quantitative estimate of drug-likeness (QED) is 0.418. The number of rotatable bonds is 4. The van der Waals surface area contributed by atoms with E-state index in [2.05, 4.69) is 15.0 Å². The van der Waals surface area contributed by atoms with Gasteiger partial charge in [-0.1, -0.05) is 24.3 Å². The summed E-state index contributed by atoms with van der Waals surface area (Å²) in [6.45, 7) is 0. The number of hydrogen-bond donors (Lipinski definition) is 1. The van der Waals surface area contributed by atoms with Gasteiger partial charge in [0.25, 0.3) is 0 Å². The molecular formula is C25H17FN4O2S. The van der Waals surface area contributed by atoms with Crippen molar-refractivity contribution in [1.82, 2.24) is 15.0 Å². The van der Waals surface area contributed by atoms with Crippen LogP contribution in [0.4, 0.5) is 4.39 Å². The van der Waals surface area contributed by atoms with Gasteiger partial charge in [-0.2, -0.15) is 0 Å². The number of benzene rings is 2. The van der Waals surface area contributed by atoms with E-state index in [1.165, 1.54) is 18.2 Å². The van der Waals surface area contributed by atoms with Crippen LogP contribution in [0.3, 0.4) is 0 Å². The molecule has 0 aliphatic carbocycles. The van der Waals surface area contributed by atoms with Gasteiger partial charge in [0.2, 0.25) is 10.0 Å². The SMILES string of the molecule is NS(=O)(=O)c1ccc(-c2cncc(-c3cc(-c4ccccc4F)nc4ncccc34)c2)cc1. The van der Waals surface area contributed by atoms with Crippen LogP contribution < -0.4 is 5.14 Å². The van der Waals surface area contributed by atoms with Crippen molar-refractivity contribution in [2.75, 3.05) is 0 Å². The summed E-state index contributed by atoms with van der Waals surface area (Å²) in [7, 11) is -3.77. The van der Waals surface area contributed by atoms with Gasteiger partial charge in [-0.25, -0.2) is 27.9 Å². The molecule has 0 radical (unpaired) electrons. The van der Waals surface area contributed by atoms with E-state index in [1.807, 2.05) is 24.3 Å². The third-order valence-corrected chi connectivity index (χ3v) is 6.23. The number of nitrogens with zero attached hydrogens (tertiary/aromatic N) is 3. The fraction of sp³-hybridized carbons (Fsp3) is 0. The topological polar surface area (TPSA) is 98.8 Å². The summed E-state index contributed by atoms with van der Waals surface area (Å²) in [5.74, 6) is -0.368. The third-order valence-electron chi connectivity index (χ3n) is 5.30. The minimum Gasteiger partial charge on any atom is -0.263 e. The first-order chi connectivity index (χ1) is 15.9. The van der Waals surface area contributed by atoms with E-state index >= 15 is 0 Å². The minimum absolute atomic E-state index is 0.0381. The monoisotopic (exact) mass is 456 g/mol. The number of halogens is 1. The van der Waals surface area contributed by atoms with Crippen LogP contribution >= 0.6 is 0 Å².